The molecule has 1 saturated carbocycles. The van der Waals surface area contributed by atoms with E-state index in [-0.39, 0.29) is 43.0 Å². The molecule has 0 radical (unpaired) electrons. The maximum Gasteiger partial charge on any atom is 0.288 e. The minimum Gasteiger partial charge on any atom is -0.497 e. The maximum atomic E-state index is 13.4. The monoisotopic (exact) mass is 565 g/mol. The van der Waals surface area contributed by atoms with Crippen LogP contribution in [0.2, 0.25) is 0 Å². The molecule has 3 aliphatic rings. The molecule has 39 heavy (non-hydrogen) atoms. The highest BCUT2D eigenvalue weighted by Gasteiger charge is 2.35. The molecule has 2 atom stereocenters. The van der Waals surface area contributed by atoms with Crippen LogP contribution in [0.5, 0.6) is 5.75 Å². The van der Waals surface area contributed by atoms with Crippen LogP contribution in [0.3, 0.4) is 0 Å². The first-order valence-corrected chi connectivity index (χ1v) is 15.5. The van der Waals surface area contributed by atoms with Gasteiger partial charge in [-0.3, -0.25) is 4.79 Å². The first kappa shape index (κ1) is 29.8. The third-order valence-corrected chi connectivity index (χ3v) is 9.95. The largest absolute Gasteiger partial charge is 0.497 e. The highest BCUT2D eigenvalue weighted by Crippen LogP contribution is 2.37. The predicted octanol–water partition coefficient (Wildman–Crippen LogP) is 2.30. The van der Waals surface area contributed by atoms with Gasteiger partial charge in [0.2, 0.25) is 16.3 Å². The summed E-state index contributed by atoms with van der Waals surface area (Å²) in [5.74, 6) is 1.49. The van der Waals surface area contributed by atoms with E-state index in [1.807, 2.05) is 11.0 Å². The number of nitrogens with zero attached hydrogens (tertiary/aromatic N) is 3. The zero-order chi connectivity index (χ0) is 27.8. The van der Waals surface area contributed by atoms with E-state index in [1.165, 1.54) is 42.8 Å². The summed E-state index contributed by atoms with van der Waals surface area (Å²) < 4.78 is 45.0. The standard InChI is InChI=1S/C28H43N3O7S/c1-29-12-14-30(15-13-29)28(33)26-20-23(22-6-4-3-5-7-22)21-27(38-26)37-19-17-31(16-18-32)39(34,35)25-10-8-24(36-2)9-11-25/h8-11,20,22-23,27,32H,3-7,12-19,21H2,1-2H3/t23-,27+/m1/s1. The number of likely N-dealkylation sites (N-methyl/N-ethyl adjacent to an activating group) is 1. The van der Waals surface area contributed by atoms with Gasteiger partial charge in [-0.15, -0.1) is 0 Å². The Labute approximate surface area is 232 Å². The SMILES string of the molecule is COc1ccc(S(=O)(=O)N(CCO)CCO[C@@H]2C[C@H](C3CCCCC3)C=C(C(=O)N3CCN(C)CC3)O2)cc1. The molecule has 0 bridgehead atoms. The van der Waals surface area contributed by atoms with Crippen LogP contribution in [0.4, 0.5) is 0 Å². The topological polar surface area (TPSA) is 109 Å². The lowest BCUT2D eigenvalue weighted by Crippen LogP contribution is -2.48. The third-order valence-electron chi connectivity index (χ3n) is 8.04. The normalized spacial score (nSPS) is 23.4. The minimum absolute atomic E-state index is 0.0499. The Balaban J connectivity index is 1.41. The van der Waals surface area contributed by atoms with Gasteiger partial charge in [0, 0.05) is 45.7 Å². The Morgan fingerprint density at radius 1 is 1.08 bits per heavy atom. The maximum absolute atomic E-state index is 13.4. The van der Waals surface area contributed by atoms with Crippen molar-refractivity contribution in [1.82, 2.24) is 14.1 Å². The zero-order valence-electron chi connectivity index (χ0n) is 23.2. The Morgan fingerprint density at radius 3 is 2.41 bits per heavy atom. The van der Waals surface area contributed by atoms with E-state index in [9.17, 15) is 18.3 Å². The molecule has 1 amide bonds. The molecule has 1 aromatic rings. The third kappa shape index (κ3) is 7.73. The number of carbonyl (C=O) groups excluding carboxylic acids is 1. The number of hydrogen-bond donors (Lipinski definition) is 1. The quantitative estimate of drug-likeness (QED) is 0.436. The van der Waals surface area contributed by atoms with E-state index in [0.29, 0.717) is 36.9 Å². The van der Waals surface area contributed by atoms with Crippen molar-refractivity contribution in [3.05, 3.63) is 36.1 Å². The van der Waals surface area contributed by atoms with Gasteiger partial charge in [-0.05, 0) is 62.1 Å². The Morgan fingerprint density at radius 2 is 1.77 bits per heavy atom. The molecule has 218 valence electrons. The molecule has 2 aliphatic heterocycles. The summed E-state index contributed by atoms with van der Waals surface area (Å²) >= 11 is 0. The number of benzene rings is 1. The van der Waals surface area contributed by atoms with Gasteiger partial charge < -0.3 is 29.1 Å². The summed E-state index contributed by atoms with van der Waals surface area (Å²) in [6.45, 7) is 2.74. The number of hydrogen-bond acceptors (Lipinski definition) is 8. The fraction of sp³-hybridized carbons (Fsp3) is 0.679. The van der Waals surface area contributed by atoms with Crippen LogP contribution >= 0.6 is 0 Å². The number of aliphatic hydroxyl groups excluding tert-OH is 1. The van der Waals surface area contributed by atoms with Gasteiger partial charge in [0.05, 0.1) is 25.2 Å². The summed E-state index contributed by atoms with van der Waals surface area (Å²) in [6, 6.07) is 6.15. The first-order valence-electron chi connectivity index (χ1n) is 14.0. The van der Waals surface area contributed by atoms with Crippen molar-refractivity contribution in [2.75, 3.05) is 66.6 Å². The van der Waals surface area contributed by atoms with Crippen LogP contribution < -0.4 is 4.74 Å². The average molecular weight is 566 g/mol. The summed E-state index contributed by atoms with van der Waals surface area (Å²) in [6.07, 6.45) is 7.93. The molecule has 0 spiro atoms. The molecule has 0 unspecified atom stereocenters. The lowest BCUT2D eigenvalue weighted by Gasteiger charge is -2.37. The molecule has 10 nitrogen and oxygen atoms in total. The van der Waals surface area contributed by atoms with Gasteiger partial charge in [-0.2, -0.15) is 4.31 Å². The Hall–Kier alpha value is -2.18. The van der Waals surface area contributed by atoms with Crippen LogP contribution in [0.1, 0.15) is 38.5 Å². The summed E-state index contributed by atoms with van der Waals surface area (Å²) in [7, 11) is -0.272. The van der Waals surface area contributed by atoms with Crippen molar-refractivity contribution in [1.29, 1.82) is 0 Å². The summed E-state index contributed by atoms with van der Waals surface area (Å²) in [4.78, 5) is 17.5. The van der Waals surface area contributed by atoms with Crippen LogP contribution in [0.15, 0.2) is 41.0 Å². The predicted molar refractivity (Wildman–Crippen MR) is 147 cm³/mol. The summed E-state index contributed by atoms with van der Waals surface area (Å²) in [5, 5.41) is 9.55. The van der Waals surface area contributed by atoms with Gasteiger partial charge >= 0.3 is 0 Å². The molecule has 11 heteroatoms. The second-order valence-corrected chi connectivity index (χ2v) is 12.6. The van der Waals surface area contributed by atoms with Gasteiger partial charge in [0.25, 0.3) is 5.91 Å². The van der Waals surface area contributed by atoms with Gasteiger partial charge in [0.15, 0.2) is 5.76 Å². The van der Waals surface area contributed by atoms with Crippen molar-refractivity contribution in [2.45, 2.75) is 49.7 Å². The number of sulfonamides is 1. The second kappa shape index (κ2) is 13.9. The van der Waals surface area contributed by atoms with E-state index in [1.54, 1.807) is 12.1 Å². The van der Waals surface area contributed by atoms with Crippen LogP contribution in [0.25, 0.3) is 0 Å². The Kier molecular flexibility index (Phi) is 10.6. The summed E-state index contributed by atoms with van der Waals surface area (Å²) in [5.41, 5.74) is 0. The molecule has 1 aromatic carbocycles. The van der Waals surface area contributed by atoms with E-state index >= 15 is 0 Å². The molecule has 2 fully saturated rings. The number of amides is 1. The number of rotatable bonds is 11. The zero-order valence-corrected chi connectivity index (χ0v) is 24.0. The molecule has 1 N–H and O–H groups in total. The number of allylic oxidation sites excluding steroid dienone is 1. The molecular formula is C28H43N3O7S. The van der Waals surface area contributed by atoms with Crippen molar-refractivity contribution in [3.8, 4) is 5.75 Å². The van der Waals surface area contributed by atoms with Crippen molar-refractivity contribution < 1.29 is 32.5 Å². The van der Waals surface area contributed by atoms with E-state index in [2.05, 4.69) is 11.9 Å². The minimum atomic E-state index is -3.84. The fourth-order valence-corrected chi connectivity index (χ4v) is 7.06. The number of ether oxygens (including phenoxy) is 3. The first-order chi connectivity index (χ1) is 18.8. The highest BCUT2D eigenvalue weighted by atomic mass is 32.2. The Bertz CT molecular complexity index is 1070. The van der Waals surface area contributed by atoms with E-state index in [0.717, 1.165) is 25.9 Å². The molecule has 2 heterocycles. The van der Waals surface area contributed by atoms with Gasteiger partial charge in [0.1, 0.15) is 5.75 Å². The molecule has 1 aliphatic carbocycles. The molecule has 0 aromatic heterocycles. The lowest BCUT2D eigenvalue weighted by molar-refractivity contribution is -0.158. The van der Waals surface area contributed by atoms with Crippen LogP contribution in [-0.2, 0) is 24.3 Å². The molecule has 4 rings (SSSR count). The number of aliphatic hydroxyl groups is 1. The number of piperazine rings is 1. The number of carbonyl (C=O) groups is 1. The van der Waals surface area contributed by atoms with E-state index < -0.39 is 16.3 Å². The van der Waals surface area contributed by atoms with Crippen LogP contribution in [-0.4, -0.2) is 106 Å². The van der Waals surface area contributed by atoms with Gasteiger partial charge in [-0.25, -0.2) is 8.42 Å². The van der Waals surface area contributed by atoms with Gasteiger partial charge in [-0.1, -0.05) is 19.3 Å². The average Bonchev–Trinajstić information content (AvgIpc) is 2.97. The van der Waals surface area contributed by atoms with Crippen molar-refractivity contribution >= 4 is 15.9 Å². The van der Waals surface area contributed by atoms with Crippen molar-refractivity contribution in [2.24, 2.45) is 11.8 Å². The fourth-order valence-electron chi connectivity index (χ4n) is 5.64. The molecule has 1 saturated heterocycles. The lowest BCUT2D eigenvalue weighted by atomic mass is 9.77. The van der Waals surface area contributed by atoms with Crippen molar-refractivity contribution in [3.63, 3.8) is 0 Å². The number of methoxy groups -OCH3 is 1. The van der Waals surface area contributed by atoms with E-state index in [4.69, 9.17) is 14.2 Å². The molecular weight excluding hydrogens is 522 g/mol. The highest BCUT2D eigenvalue weighted by molar-refractivity contribution is 7.89. The van der Waals surface area contributed by atoms with Crippen LogP contribution in [0, 0.1) is 11.8 Å². The smallest absolute Gasteiger partial charge is 0.288 e. The second-order valence-electron chi connectivity index (χ2n) is 10.6.